The number of hydrogen-bond donors (Lipinski definition) is 1. The number of methoxy groups -OCH3 is 3. The predicted octanol–water partition coefficient (Wildman–Crippen LogP) is 1.35. The van der Waals surface area contributed by atoms with E-state index < -0.39 is 0 Å². The van der Waals surface area contributed by atoms with Crippen LogP contribution in [0.1, 0.15) is 12.5 Å². The Morgan fingerprint density at radius 1 is 1.30 bits per heavy atom. The molecule has 0 aromatic heterocycles. The first-order valence-electron chi connectivity index (χ1n) is 6.58. The molecular formula is C15H21NO4. The van der Waals surface area contributed by atoms with Crippen LogP contribution in [-0.2, 0) is 14.9 Å². The fraction of sp³-hybridized carbons (Fsp3) is 0.533. The first-order valence-corrected chi connectivity index (χ1v) is 6.58. The topological polar surface area (TPSA) is 56.8 Å². The van der Waals surface area contributed by atoms with Crippen molar-refractivity contribution in [1.82, 2.24) is 5.32 Å². The number of nitrogens with one attached hydrogen (secondary N) is 1. The van der Waals surface area contributed by atoms with Gasteiger partial charge in [0.05, 0.1) is 27.2 Å². The zero-order valence-corrected chi connectivity index (χ0v) is 12.4. The van der Waals surface area contributed by atoms with Crippen LogP contribution in [0.25, 0.3) is 0 Å². The monoisotopic (exact) mass is 279 g/mol. The summed E-state index contributed by atoms with van der Waals surface area (Å²) in [5, 5.41) is 3.27. The summed E-state index contributed by atoms with van der Waals surface area (Å²) in [6.07, 6.45) is 0. The van der Waals surface area contributed by atoms with Crippen LogP contribution >= 0.6 is 0 Å². The fourth-order valence-corrected chi connectivity index (χ4v) is 2.85. The van der Waals surface area contributed by atoms with Gasteiger partial charge in [-0.1, -0.05) is 6.92 Å². The van der Waals surface area contributed by atoms with Gasteiger partial charge in [-0.2, -0.15) is 0 Å². The zero-order chi connectivity index (χ0) is 14.8. The summed E-state index contributed by atoms with van der Waals surface area (Å²) in [4.78, 5) is 12.0. The molecule has 0 bridgehead atoms. The summed E-state index contributed by atoms with van der Waals surface area (Å²) in [5.41, 5.74) is 0.576. The van der Waals surface area contributed by atoms with E-state index in [1.54, 1.807) is 14.2 Å². The van der Waals surface area contributed by atoms with Crippen LogP contribution in [0.3, 0.4) is 0 Å². The molecule has 1 heterocycles. The van der Waals surface area contributed by atoms with Crippen LogP contribution in [0.2, 0.25) is 0 Å². The second kappa shape index (κ2) is 5.71. The third-order valence-electron chi connectivity index (χ3n) is 4.12. The predicted molar refractivity (Wildman–Crippen MR) is 75.3 cm³/mol. The summed E-state index contributed by atoms with van der Waals surface area (Å²) in [6.45, 7) is 3.34. The van der Waals surface area contributed by atoms with Crippen LogP contribution < -0.4 is 14.8 Å². The Kier molecular flexibility index (Phi) is 4.18. The Labute approximate surface area is 119 Å². The first-order chi connectivity index (χ1) is 9.56. The van der Waals surface area contributed by atoms with E-state index in [-0.39, 0.29) is 17.3 Å². The zero-order valence-electron chi connectivity index (χ0n) is 12.4. The van der Waals surface area contributed by atoms with E-state index in [1.165, 1.54) is 7.11 Å². The average Bonchev–Trinajstić information content (AvgIpc) is 2.88. The normalized spacial score (nSPS) is 25.3. The van der Waals surface area contributed by atoms with Gasteiger partial charge in [-0.25, -0.2) is 0 Å². The standard InChI is InChI=1S/C15H21NO4/c1-15(9-16-8-12(15)14(17)20-4)11-7-10(18-2)5-6-13(11)19-3/h5-7,12,16H,8-9H2,1-4H3. The number of rotatable bonds is 4. The van der Waals surface area contributed by atoms with E-state index in [0.29, 0.717) is 13.1 Å². The molecule has 1 saturated heterocycles. The van der Waals surface area contributed by atoms with Crippen LogP contribution in [0.5, 0.6) is 11.5 Å². The maximum atomic E-state index is 12.0. The summed E-state index contributed by atoms with van der Waals surface area (Å²) < 4.78 is 15.7. The number of ether oxygens (including phenoxy) is 3. The highest BCUT2D eigenvalue weighted by Crippen LogP contribution is 2.42. The molecule has 1 aromatic rings. The van der Waals surface area contributed by atoms with Crippen molar-refractivity contribution in [2.24, 2.45) is 5.92 Å². The molecule has 1 fully saturated rings. The van der Waals surface area contributed by atoms with Gasteiger partial charge in [0.15, 0.2) is 0 Å². The lowest BCUT2D eigenvalue weighted by Gasteiger charge is -2.31. The van der Waals surface area contributed by atoms with Gasteiger partial charge < -0.3 is 19.5 Å². The van der Waals surface area contributed by atoms with Gasteiger partial charge in [0, 0.05) is 24.1 Å². The van der Waals surface area contributed by atoms with Gasteiger partial charge in [0.25, 0.3) is 0 Å². The molecule has 2 atom stereocenters. The Morgan fingerprint density at radius 2 is 2.05 bits per heavy atom. The number of carbonyl (C=O) groups is 1. The maximum absolute atomic E-state index is 12.0. The molecule has 0 aliphatic carbocycles. The second-order valence-corrected chi connectivity index (χ2v) is 5.19. The molecule has 5 nitrogen and oxygen atoms in total. The van der Waals surface area contributed by atoms with Crippen molar-refractivity contribution in [2.45, 2.75) is 12.3 Å². The molecule has 0 radical (unpaired) electrons. The van der Waals surface area contributed by atoms with Crippen LogP contribution in [0.4, 0.5) is 0 Å². The Morgan fingerprint density at radius 3 is 2.65 bits per heavy atom. The Bertz CT molecular complexity index is 503. The minimum Gasteiger partial charge on any atom is -0.497 e. The van der Waals surface area contributed by atoms with E-state index in [2.05, 4.69) is 5.32 Å². The highest BCUT2D eigenvalue weighted by Gasteiger charge is 2.46. The lowest BCUT2D eigenvalue weighted by molar-refractivity contribution is -0.146. The van der Waals surface area contributed by atoms with Crippen molar-refractivity contribution < 1.29 is 19.0 Å². The molecule has 0 saturated carbocycles. The minimum absolute atomic E-state index is 0.206. The van der Waals surface area contributed by atoms with Crippen molar-refractivity contribution in [1.29, 1.82) is 0 Å². The molecule has 110 valence electrons. The molecule has 1 aliphatic heterocycles. The molecule has 2 rings (SSSR count). The molecule has 1 aromatic carbocycles. The number of hydrogen-bond acceptors (Lipinski definition) is 5. The lowest BCUT2D eigenvalue weighted by Crippen LogP contribution is -2.37. The largest absolute Gasteiger partial charge is 0.497 e. The fourth-order valence-electron chi connectivity index (χ4n) is 2.85. The Balaban J connectivity index is 2.49. The molecule has 0 amide bonds. The quantitative estimate of drug-likeness (QED) is 0.843. The second-order valence-electron chi connectivity index (χ2n) is 5.19. The van der Waals surface area contributed by atoms with Gasteiger partial charge >= 0.3 is 5.97 Å². The van der Waals surface area contributed by atoms with Gasteiger partial charge in [0.2, 0.25) is 0 Å². The van der Waals surface area contributed by atoms with E-state index >= 15 is 0 Å². The first kappa shape index (κ1) is 14.7. The Hall–Kier alpha value is -1.75. The van der Waals surface area contributed by atoms with E-state index in [1.807, 2.05) is 25.1 Å². The average molecular weight is 279 g/mol. The van der Waals surface area contributed by atoms with E-state index in [4.69, 9.17) is 14.2 Å². The summed E-state index contributed by atoms with van der Waals surface area (Å²) >= 11 is 0. The van der Waals surface area contributed by atoms with Crippen molar-refractivity contribution in [3.05, 3.63) is 23.8 Å². The summed E-state index contributed by atoms with van der Waals surface area (Å²) in [6, 6.07) is 5.65. The van der Waals surface area contributed by atoms with Gasteiger partial charge in [0.1, 0.15) is 11.5 Å². The highest BCUT2D eigenvalue weighted by molar-refractivity contribution is 5.76. The molecule has 1 N–H and O–H groups in total. The SMILES string of the molecule is COC(=O)C1CNCC1(C)c1cc(OC)ccc1OC. The van der Waals surface area contributed by atoms with Crippen molar-refractivity contribution in [3.8, 4) is 11.5 Å². The third kappa shape index (κ3) is 2.33. The number of esters is 1. The summed E-state index contributed by atoms with van der Waals surface area (Å²) in [7, 11) is 4.67. The smallest absolute Gasteiger partial charge is 0.310 e. The van der Waals surface area contributed by atoms with Crippen LogP contribution in [-0.4, -0.2) is 40.4 Å². The molecule has 1 aliphatic rings. The maximum Gasteiger partial charge on any atom is 0.310 e. The molecule has 0 spiro atoms. The minimum atomic E-state index is -0.382. The lowest BCUT2D eigenvalue weighted by atomic mass is 9.73. The molecule has 20 heavy (non-hydrogen) atoms. The van der Waals surface area contributed by atoms with Crippen LogP contribution in [0.15, 0.2) is 18.2 Å². The van der Waals surface area contributed by atoms with Crippen molar-refractivity contribution in [3.63, 3.8) is 0 Å². The molecule has 2 unspecified atom stereocenters. The van der Waals surface area contributed by atoms with E-state index in [9.17, 15) is 4.79 Å². The van der Waals surface area contributed by atoms with Crippen LogP contribution in [0, 0.1) is 5.92 Å². The molecular weight excluding hydrogens is 258 g/mol. The van der Waals surface area contributed by atoms with Crippen molar-refractivity contribution >= 4 is 5.97 Å². The van der Waals surface area contributed by atoms with Crippen molar-refractivity contribution in [2.75, 3.05) is 34.4 Å². The highest BCUT2D eigenvalue weighted by atomic mass is 16.5. The van der Waals surface area contributed by atoms with E-state index in [0.717, 1.165) is 17.1 Å². The molecule has 5 heteroatoms. The summed E-state index contributed by atoms with van der Waals surface area (Å²) in [5.74, 6) is 1.05. The van der Waals surface area contributed by atoms with Gasteiger partial charge in [-0.3, -0.25) is 4.79 Å². The van der Waals surface area contributed by atoms with Gasteiger partial charge in [-0.05, 0) is 18.2 Å². The number of benzene rings is 1. The van der Waals surface area contributed by atoms with Gasteiger partial charge in [-0.15, -0.1) is 0 Å². The number of carbonyl (C=O) groups excluding carboxylic acids is 1. The third-order valence-corrected chi connectivity index (χ3v) is 4.12.